The number of hydrogen-bond donors (Lipinski definition) is 2. The largest absolute Gasteiger partial charge is 0.398 e. The summed E-state index contributed by atoms with van der Waals surface area (Å²) in [5, 5.41) is 0. The number of hydrogen-bond acceptors (Lipinski definition) is 4. The van der Waals surface area contributed by atoms with Crippen LogP contribution in [0.25, 0.3) is 0 Å². The smallest absolute Gasteiger partial charge is 0.249 e. The molecule has 16 heavy (non-hydrogen) atoms. The van der Waals surface area contributed by atoms with Crippen LogP contribution in [0.15, 0.2) is 23.1 Å². The Morgan fingerprint density at radius 3 is 2.88 bits per heavy atom. The zero-order chi connectivity index (χ0) is 12.0. The highest BCUT2D eigenvalue weighted by molar-refractivity contribution is 7.99. The molecular weight excluding hydrogens is 224 g/mol. The Bertz CT molecular complexity index is 369. The molecule has 4 N–H and O–H groups in total. The molecule has 0 unspecified atom stereocenters. The van der Waals surface area contributed by atoms with E-state index in [9.17, 15) is 4.79 Å². The van der Waals surface area contributed by atoms with E-state index in [0.717, 1.165) is 17.1 Å². The Kier molecular flexibility index (Phi) is 5.14. The average Bonchev–Trinajstić information content (AvgIpc) is 2.25. The first-order valence-electron chi connectivity index (χ1n) is 4.97. The Hall–Kier alpha value is -1.20. The molecule has 0 spiro atoms. The summed E-state index contributed by atoms with van der Waals surface area (Å²) in [6.45, 7) is 0.700. The Labute approximate surface area is 99.3 Å². The van der Waals surface area contributed by atoms with Crippen LogP contribution in [0, 0.1) is 0 Å². The van der Waals surface area contributed by atoms with Gasteiger partial charge < -0.3 is 16.2 Å². The third-order valence-corrected chi connectivity index (χ3v) is 3.29. The number of methoxy groups -OCH3 is 1. The first kappa shape index (κ1) is 12.9. The second-order valence-corrected chi connectivity index (χ2v) is 4.39. The number of amides is 1. The number of primary amides is 1. The number of nitrogens with two attached hydrogens (primary N) is 2. The van der Waals surface area contributed by atoms with Gasteiger partial charge in [-0.15, -0.1) is 11.8 Å². The summed E-state index contributed by atoms with van der Waals surface area (Å²) in [6, 6.07) is 5.19. The molecule has 0 aliphatic rings. The number of thioether (sulfide) groups is 1. The van der Waals surface area contributed by atoms with Crippen LogP contribution in [0.2, 0.25) is 0 Å². The van der Waals surface area contributed by atoms with E-state index in [1.54, 1.807) is 25.3 Å². The molecule has 0 aromatic heterocycles. The quantitative estimate of drug-likeness (QED) is 0.448. The first-order valence-corrected chi connectivity index (χ1v) is 5.95. The third-order valence-electron chi connectivity index (χ3n) is 2.05. The number of ether oxygens (including phenoxy) is 1. The summed E-state index contributed by atoms with van der Waals surface area (Å²) in [5.41, 5.74) is 12.2. The fourth-order valence-electron chi connectivity index (χ4n) is 1.29. The van der Waals surface area contributed by atoms with Crippen molar-refractivity contribution >= 4 is 23.4 Å². The summed E-state index contributed by atoms with van der Waals surface area (Å²) in [7, 11) is 1.66. The molecule has 1 rings (SSSR count). The first-order chi connectivity index (χ1) is 7.66. The van der Waals surface area contributed by atoms with Crippen molar-refractivity contribution in [2.45, 2.75) is 11.3 Å². The van der Waals surface area contributed by atoms with Gasteiger partial charge in [0.2, 0.25) is 5.91 Å². The fourth-order valence-corrected chi connectivity index (χ4v) is 2.31. The summed E-state index contributed by atoms with van der Waals surface area (Å²) in [4.78, 5) is 12.0. The van der Waals surface area contributed by atoms with Gasteiger partial charge in [0.15, 0.2) is 0 Å². The number of carbonyl (C=O) groups is 1. The fraction of sp³-hybridized carbons (Fsp3) is 0.364. The molecule has 0 fully saturated rings. The number of nitrogen functional groups attached to an aromatic ring is 1. The van der Waals surface area contributed by atoms with Gasteiger partial charge in [0.25, 0.3) is 0 Å². The van der Waals surface area contributed by atoms with Crippen LogP contribution in [0.1, 0.15) is 16.8 Å². The molecule has 0 bridgehead atoms. The molecule has 4 nitrogen and oxygen atoms in total. The van der Waals surface area contributed by atoms with E-state index in [1.807, 2.05) is 0 Å². The molecule has 0 aliphatic heterocycles. The standard InChI is InChI=1S/C11H16N2O2S/c1-15-6-3-7-16-10-8(11(13)14)4-2-5-9(10)12/h2,4-5H,3,6-7,12H2,1H3,(H2,13,14). The second-order valence-electron chi connectivity index (χ2n) is 3.28. The van der Waals surface area contributed by atoms with Crippen molar-refractivity contribution in [2.75, 3.05) is 25.2 Å². The van der Waals surface area contributed by atoms with E-state index in [-0.39, 0.29) is 0 Å². The van der Waals surface area contributed by atoms with Gasteiger partial charge in [0.05, 0.1) is 5.56 Å². The van der Waals surface area contributed by atoms with E-state index in [1.165, 1.54) is 11.8 Å². The lowest BCUT2D eigenvalue weighted by molar-refractivity contribution is 0.0997. The van der Waals surface area contributed by atoms with Gasteiger partial charge >= 0.3 is 0 Å². The Morgan fingerprint density at radius 2 is 2.25 bits per heavy atom. The maximum atomic E-state index is 11.2. The minimum Gasteiger partial charge on any atom is -0.398 e. The highest BCUT2D eigenvalue weighted by atomic mass is 32.2. The van der Waals surface area contributed by atoms with Crippen LogP contribution in [0.3, 0.4) is 0 Å². The summed E-state index contributed by atoms with van der Waals surface area (Å²) >= 11 is 1.54. The lowest BCUT2D eigenvalue weighted by Gasteiger charge is -2.09. The molecule has 0 aliphatic carbocycles. The summed E-state index contributed by atoms with van der Waals surface area (Å²) in [5.74, 6) is 0.407. The predicted molar refractivity (Wildman–Crippen MR) is 66.6 cm³/mol. The number of benzene rings is 1. The van der Waals surface area contributed by atoms with Crippen LogP contribution in [0.5, 0.6) is 0 Å². The van der Waals surface area contributed by atoms with Gasteiger partial charge in [-0.1, -0.05) is 6.07 Å². The van der Waals surface area contributed by atoms with Gasteiger partial charge in [-0.2, -0.15) is 0 Å². The van der Waals surface area contributed by atoms with Crippen molar-refractivity contribution in [1.29, 1.82) is 0 Å². The highest BCUT2D eigenvalue weighted by Crippen LogP contribution is 2.29. The number of carbonyl (C=O) groups excluding carboxylic acids is 1. The molecular formula is C11H16N2O2S. The number of rotatable bonds is 6. The minimum atomic E-state index is -0.443. The maximum absolute atomic E-state index is 11.2. The van der Waals surface area contributed by atoms with Gasteiger partial charge in [-0.25, -0.2) is 0 Å². The van der Waals surface area contributed by atoms with Crippen LogP contribution < -0.4 is 11.5 Å². The molecule has 1 amide bonds. The molecule has 5 heteroatoms. The molecule has 0 saturated carbocycles. The lowest BCUT2D eigenvalue weighted by atomic mass is 10.2. The Balaban J connectivity index is 2.73. The normalized spacial score (nSPS) is 10.3. The van der Waals surface area contributed by atoms with Crippen molar-refractivity contribution in [3.05, 3.63) is 23.8 Å². The van der Waals surface area contributed by atoms with Crippen molar-refractivity contribution in [2.24, 2.45) is 5.73 Å². The minimum absolute atomic E-state index is 0.443. The molecule has 1 aromatic carbocycles. The van der Waals surface area contributed by atoms with Crippen LogP contribution >= 0.6 is 11.8 Å². The third kappa shape index (κ3) is 3.43. The molecule has 0 radical (unpaired) electrons. The zero-order valence-corrected chi connectivity index (χ0v) is 10.0. The van der Waals surface area contributed by atoms with Gasteiger partial charge in [-0.05, 0) is 18.6 Å². The highest BCUT2D eigenvalue weighted by Gasteiger charge is 2.10. The average molecular weight is 240 g/mol. The molecule has 0 atom stereocenters. The summed E-state index contributed by atoms with van der Waals surface area (Å²) in [6.07, 6.45) is 0.910. The van der Waals surface area contributed by atoms with Crippen LogP contribution in [-0.2, 0) is 4.74 Å². The van der Waals surface area contributed by atoms with Crippen molar-refractivity contribution < 1.29 is 9.53 Å². The van der Waals surface area contributed by atoms with E-state index in [4.69, 9.17) is 16.2 Å². The van der Waals surface area contributed by atoms with Crippen molar-refractivity contribution in [1.82, 2.24) is 0 Å². The SMILES string of the molecule is COCCCSc1c(N)cccc1C(N)=O. The second kappa shape index (κ2) is 6.40. The molecule has 88 valence electrons. The van der Waals surface area contributed by atoms with E-state index in [2.05, 4.69) is 0 Å². The van der Waals surface area contributed by atoms with Gasteiger partial charge in [0.1, 0.15) is 0 Å². The van der Waals surface area contributed by atoms with E-state index >= 15 is 0 Å². The Morgan fingerprint density at radius 1 is 1.50 bits per heavy atom. The summed E-state index contributed by atoms with van der Waals surface area (Å²) < 4.78 is 4.95. The molecule has 0 saturated heterocycles. The maximum Gasteiger partial charge on any atom is 0.249 e. The van der Waals surface area contributed by atoms with Gasteiger partial charge in [-0.3, -0.25) is 4.79 Å². The molecule has 1 aromatic rings. The topological polar surface area (TPSA) is 78.3 Å². The van der Waals surface area contributed by atoms with Crippen LogP contribution in [0.4, 0.5) is 5.69 Å². The zero-order valence-electron chi connectivity index (χ0n) is 9.23. The van der Waals surface area contributed by atoms with E-state index < -0.39 is 5.91 Å². The van der Waals surface area contributed by atoms with Gasteiger partial charge in [0, 0.05) is 30.1 Å². The van der Waals surface area contributed by atoms with Crippen molar-refractivity contribution in [3.63, 3.8) is 0 Å². The van der Waals surface area contributed by atoms with Crippen LogP contribution in [-0.4, -0.2) is 25.4 Å². The van der Waals surface area contributed by atoms with Crippen molar-refractivity contribution in [3.8, 4) is 0 Å². The monoisotopic (exact) mass is 240 g/mol. The lowest BCUT2D eigenvalue weighted by Crippen LogP contribution is -2.13. The van der Waals surface area contributed by atoms with E-state index in [0.29, 0.717) is 17.9 Å². The number of anilines is 1. The molecule has 0 heterocycles. The predicted octanol–water partition coefficient (Wildman–Crippen LogP) is 1.50.